The molecule has 0 heterocycles. The van der Waals surface area contributed by atoms with Crippen molar-refractivity contribution in [3.05, 3.63) is 62.8 Å². The summed E-state index contributed by atoms with van der Waals surface area (Å²) in [5.74, 6) is -0.546. The van der Waals surface area contributed by atoms with E-state index >= 15 is 0 Å². The van der Waals surface area contributed by atoms with Crippen molar-refractivity contribution in [2.75, 3.05) is 13.2 Å². The van der Waals surface area contributed by atoms with Crippen LogP contribution in [0.25, 0.3) is 0 Å². The molecule has 0 unspecified atom stereocenters. The number of hydrogen-bond acceptors (Lipinski definition) is 4. The van der Waals surface area contributed by atoms with E-state index in [1.54, 1.807) is 18.2 Å². The van der Waals surface area contributed by atoms with Gasteiger partial charge in [0.2, 0.25) is 0 Å². The van der Waals surface area contributed by atoms with Crippen LogP contribution in [0.4, 0.5) is 4.39 Å². The number of hydrogen-bond donors (Lipinski definition) is 2. The first-order chi connectivity index (χ1) is 14.6. The van der Waals surface area contributed by atoms with Gasteiger partial charge < -0.3 is 15.4 Å². The van der Waals surface area contributed by atoms with E-state index in [2.05, 4.69) is 10.6 Å². The average molecular weight is 486 g/mol. The quantitative estimate of drug-likeness (QED) is 0.533. The van der Waals surface area contributed by atoms with Crippen LogP contribution in [0.3, 0.4) is 0 Å². The van der Waals surface area contributed by atoms with E-state index in [4.69, 9.17) is 39.5 Å². The zero-order valence-corrected chi connectivity index (χ0v) is 18.9. The number of benzene rings is 2. The summed E-state index contributed by atoms with van der Waals surface area (Å²) >= 11 is 17.5. The second kappa shape index (κ2) is 8.24. The molecule has 2 aromatic carbocycles. The summed E-state index contributed by atoms with van der Waals surface area (Å²) in [7, 11) is 0. The van der Waals surface area contributed by atoms with Gasteiger partial charge in [0.1, 0.15) is 11.6 Å². The Kier molecular flexibility index (Phi) is 5.94. The van der Waals surface area contributed by atoms with Gasteiger partial charge in [-0.2, -0.15) is 0 Å². The third kappa shape index (κ3) is 4.14. The maximum atomic E-state index is 13.5. The lowest BCUT2D eigenvalue weighted by Gasteiger charge is -2.75. The number of halogens is 4. The van der Waals surface area contributed by atoms with E-state index in [-0.39, 0.29) is 52.6 Å². The van der Waals surface area contributed by atoms with Crippen molar-refractivity contribution in [2.45, 2.75) is 30.8 Å². The molecule has 0 aromatic heterocycles. The van der Waals surface area contributed by atoms with Crippen LogP contribution in [0.5, 0.6) is 5.75 Å². The second-order valence-corrected chi connectivity index (χ2v) is 9.43. The highest BCUT2D eigenvalue weighted by Crippen LogP contribution is 2.64. The molecule has 3 saturated carbocycles. The van der Waals surface area contributed by atoms with E-state index in [9.17, 15) is 14.0 Å². The van der Waals surface area contributed by atoms with Crippen LogP contribution in [0.1, 0.15) is 30.1 Å². The standard InChI is InChI=1S/C22H20Cl3FN2O3/c1-12-21(27-8-19(29)13-2-4-15(23)17(25)6-13)10-22(12,11-21)28-20(30)9-31-14-3-5-16(24)18(26)7-14/h2-7,12,27H,8-11H2,1H3,(H,28,30)/t12-,21?,22?/m0/s1. The number of carbonyl (C=O) groups is 2. The molecule has 1 amide bonds. The lowest BCUT2D eigenvalue weighted by atomic mass is 9.37. The summed E-state index contributed by atoms with van der Waals surface area (Å²) in [6.45, 7) is 2.00. The van der Waals surface area contributed by atoms with Crippen LogP contribution in [0.15, 0.2) is 36.4 Å². The Labute approximate surface area is 194 Å². The summed E-state index contributed by atoms with van der Waals surface area (Å²) in [6, 6.07) is 8.84. The third-order valence-electron chi connectivity index (χ3n) is 6.41. The summed E-state index contributed by atoms with van der Waals surface area (Å²) in [5.41, 5.74) is 0.0323. The van der Waals surface area contributed by atoms with Crippen molar-refractivity contribution < 1.29 is 18.7 Å². The third-order valence-corrected chi connectivity index (χ3v) is 7.46. The van der Waals surface area contributed by atoms with Crippen molar-refractivity contribution >= 4 is 46.5 Å². The number of Topliss-reactive ketones (excluding diaryl/α,β-unsaturated/α-hetero) is 1. The number of rotatable bonds is 8. The summed E-state index contributed by atoms with van der Waals surface area (Å²) in [4.78, 5) is 24.8. The van der Waals surface area contributed by atoms with Crippen LogP contribution >= 0.6 is 34.8 Å². The van der Waals surface area contributed by atoms with E-state index in [1.165, 1.54) is 12.1 Å². The second-order valence-electron chi connectivity index (χ2n) is 8.21. The smallest absolute Gasteiger partial charge is 0.258 e. The van der Waals surface area contributed by atoms with Gasteiger partial charge in [-0.15, -0.1) is 0 Å². The molecule has 0 radical (unpaired) electrons. The molecule has 3 fully saturated rings. The van der Waals surface area contributed by atoms with E-state index in [1.807, 2.05) is 6.92 Å². The Morgan fingerprint density at radius 2 is 1.77 bits per heavy atom. The number of ketones is 1. The molecule has 5 nitrogen and oxygen atoms in total. The highest BCUT2D eigenvalue weighted by Gasteiger charge is 2.74. The summed E-state index contributed by atoms with van der Waals surface area (Å²) < 4.78 is 18.8. The van der Waals surface area contributed by atoms with Gasteiger partial charge in [-0.1, -0.05) is 41.7 Å². The van der Waals surface area contributed by atoms with Gasteiger partial charge in [-0.05, 0) is 49.1 Å². The molecule has 3 aliphatic rings. The van der Waals surface area contributed by atoms with Crippen LogP contribution < -0.4 is 15.4 Å². The monoisotopic (exact) mass is 484 g/mol. The van der Waals surface area contributed by atoms with E-state index in [0.29, 0.717) is 15.6 Å². The maximum Gasteiger partial charge on any atom is 0.258 e. The molecule has 9 heteroatoms. The van der Waals surface area contributed by atoms with Crippen LogP contribution in [-0.2, 0) is 4.79 Å². The predicted octanol–water partition coefficient (Wildman–Crippen LogP) is 4.67. The largest absolute Gasteiger partial charge is 0.484 e. The minimum atomic E-state index is -0.601. The Bertz CT molecular complexity index is 1060. The Balaban J connectivity index is 1.25. The highest BCUT2D eigenvalue weighted by molar-refractivity contribution is 6.42. The molecule has 2 N–H and O–H groups in total. The van der Waals surface area contributed by atoms with Crippen molar-refractivity contribution in [1.29, 1.82) is 0 Å². The van der Waals surface area contributed by atoms with Crippen molar-refractivity contribution in [1.82, 2.24) is 10.6 Å². The van der Waals surface area contributed by atoms with Crippen LogP contribution in [0, 0.1) is 11.7 Å². The highest BCUT2D eigenvalue weighted by atomic mass is 35.5. The fourth-order valence-electron chi connectivity index (χ4n) is 4.49. The number of amides is 1. The van der Waals surface area contributed by atoms with Gasteiger partial charge in [0.15, 0.2) is 12.4 Å². The molecule has 0 saturated heterocycles. The molecule has 31 heavy (non-hydrogen) atoms. The molecule has 2 aromatic rings. The van der Waals surface area contributed by atoms with E-state index in [0.717, 1.165) is 18.9 Å². The van der Waals surface area contributed by atoms with Crippen molar-refractivity contribution in [3.8, 4) is 5.75 Å². The van der Waals surface area contributed by atoms with Gasteiger partial charge in [0.25, 0.3) is 5.91 Å². The molecule has 2 bridgehead atoms. The summed E-state index contributed by atoms with van der Waals surface area (Å²) in [6.07, 6.45) is 1.47. The average Bonchev–Trinajstić information content (AvgIpc) is 2.72. The zero-order chi connectivity index (χ0) is 22.4. The maximum absolute atomic E-state index is 13.5. The van der Waals surface area contributed by atoms with Crippen molar-refractivity contribution in [2.24, 2.45) is 5.92 Å². The Morgan fingerprint density at radius 1 is 1.06 bits per heavy atom. The summed E-state index contributed by atoms with van der Waals surface area (Å²) in [5, 5.41) is 7.11. The van der Waals surface area contributed by atoms with Gasteiger partial charge in [-0.25, -0.2) is 4.39 Å². The first-order valence-electron chi connectivity index (χ1n) is 9.76. The first kappa shape index (κ1) is 22.3. The van der Waals surface area contributed by atoms with Gasteiger partial charge in [-0.3, -0.25) is 9.59 Å². The minimum Gasteiger partial charge on any atom is -0.484 e. The molecule has 164 valence electrons. The van der Waals surface area contributed by atoms with Crippen molar-refractivity contribution in [3.63, 3.8) is 0 Å². The van der Waals surface area contributed by atoms with Gasteiger partial charge >= 0.3 is 0 Å². The van der Waals surface area contributed by atoms with E-state index < -0.39 is 5.82 Å². The topological polar surface area (TPSA) is 67.4 Å². The predicted molar refractivity (Wildman–Crippen MR) is 118 cm³/mol. The molecule has 0 aliphatic heterocycles. The molecule has 0 spiro atoms. The minimum absolute atomic E-state index is 0.00469. The number of ether oxygens (including phenoxy) is 1. The lowest BCUT2D eigenvalue weighted by molar-refractivity contribution is -0.178. The Morgan fingerprint density at radius 3 is 2.42 bits per heavy atom. The Hall–Kier alpha value is -1.86. The fourth-order valence-corrected chi connectivity index (χ4v) is 4.90. The lowest BCUT2D eigenvalue weighted by Crippen LogP contribution is -2.89. The first-order valence-corrected chi connectivity index (χ1v) is 10.9. The molecule has 1 atom stereocenters. The molecule has 3 aliphatic carbocycles. The van der Waals surface area contributed by atoms with Gasteiger partial charge in [0, 0.05) is 22.7 Å². The van der Waals surface area contributed by atoms with Gasteiger partial charge in [0.05, 0.1) is 21.6 Å². The zero-order valence-electron chi connectivity index (χ0n) is 16.6. The van der Waals surface area contributed by atoms with Crippen LogP contribution in [-0.4, -0.2) is 35.9 Å². The molecular formula is C22H20Cl3FN2O3. The number of nitrogens with one attached hydrogen (secondary N) is 2. The van der Waals surface area contributed by atoms with Crippen LogP contribution in [0.2, 0.25) is 15.1 Å². The normalized spacial score (nSPS) is 25.9. The fraction of sp³-hybridized carbons (Fsp3) is 0.364. The molecule has 5 rings (SSSR count). The SMILES string of the molecule is C[C@H]1C2(NCC(=O)c3ccc(Cl)c(Cl)c3)CC1(NC(=O)COc1ccc(Cl)c(F)c1)C2. The number of carbonyl (C=O) groups excluding carboxylic acids is 2. The molecular weight excluding hydrogens is 466 g/mol.